The first-order chi connectivity index (χ1) is 13.1. The summed E-state index contributed by atoms with van der Waals surface area (Å²) in [6.45, 7) is 5.45. The minimum Gasteiger partial charge on any atom is -0.287 e. The van der Waals surface area contributed by atoms with Gasteiger partial charge in [0.2, 0.25) is 5.91 Å². The first kappa shape index (κ1) is 20.6. The van der Waals surface area contributed by atoms with Gasteiger partial charge >= 0.3 is 6.18 Å². The van der Waals surface area contributed by atoms with Crippen LogP contribution in [0.3, 0.4) is 0 Å². The first-order valence-electron chi connectivity index (χ1n) is 9.80. The molecule has 2 aromatic rings. The number of halogens is 3. The van der Waals surface area contributed by atoms with Gasteiger partial charge in [-0.1, -0.05) is 56.2 Å². The van der Waals surface area contributed by atoms with E-state index in [1.54, 1.807) is 26.0 Å². The quantitative estimate of drug-likeness (QED) is 0.641. The van der Waals surface area contributed by atoms with E-state index in [-0.39, 0.29) is 12.0 Å². The molecule has 1 aliphatic heterocycles. The Morgan fingerprint density at radius 3 is 2.54 bits per heavy atom. The van der Waals surface area contributed by atoms with Crippen molar-refractivity contribution < 1.29 is 18.0 Å². The van der Waals surface area contributed by atoms with Crippen LogP contribution in [0.15, 0.2) is 36.4 Å². The predicted octanol–water partition coefficient (Wildman–Crippen LogP) is 5.69. The molecule has 1 heterocycles. The number of alkyl halides is 3. The van der Waals surface area contributed by atoms with Crippen molar-refractivity contribution in [3.63, 3.8) is 0 Å². The summed E-state index contributed by atoms with van der Waals surface area (Å²) >= 11 is 0. The van der Waals surface area contributed by atoms with Crippen molar-refractivity contribution >= 4 is 16.7 Å². The lowest BCUT2D eigenvalue weighted by Crippen LogP contribution is -2.51. The van der Waals surface area contributed by atoms with E-state index >= 15 is 0 Å². The number of nitrogens with one attached hydrogen (secondary N) is 1. The fourth-order valence-corrected chi connectivity index (χ4v) is 4.01. The molecule has 3 nitrogen and oxygen atoms in total. The number of amides is 1. The maximum atomic E-state index is 14.1. The normalized spacial score (nSPS) is 18.4. The van der Waals surface area contributed by atoms with E-state index in [2.05, 4.69) is 12.3 Å². The van der Waals surface area contributed by atoms with Crippen molar-refractivity contribution in [2.45, 2.75) is 70.6 Å². The zero-order valence-electron chi connectivity index (χ0n) is 16.6. The molecule has 1 aliphatic rings. The molecular formula is C22H27F3N2O. The van der Waals surface area contributed by atoms with Crippen molar-refractivity contribution in [1.29, 1.82) is 0 Å². The minimum absolute atomic E-state index is 0.0337. The maximum Gasteiger partial charge on any atom is 0.409 e. The highest BCUT2D eigenvalue weighted by atomic mass is 19.4. The molecule has 2 aromatic carbocycles. The van der Waals surface area contributed by atoms with Gasteiger partial charge in [-0.25, -0.2) is 0 Å². The number of unbranched alkanes of at least 4 members (excludes halogenated alkanes) is 2. The van der Waals surface area contributed by atoms with Crippen LogP contribution in [0.2, 0.25) is 0 Å². The smallest absolute Gasteiger partial charge is 0.287 e. The van der Waals surface area contributed by atoms with Crippen LogP contribution in [-0.2, 0) is 11.2 Å². The predicted molar refractivity (Wildman–Crippen MR) is 105 cm³/mol. The van der Waals surface area contributed by atoms with Crippen LogP contribution in [-0.4, -0.2) is 22.6 Å². The lowest BCUT2D eigenvalue weighted by molar-refractivity contribution is -0.203. The Bertz CT molecular complexity index is 860. The van der Waals surface area contributed by atoms with Gasteiger partial charge in [0.05, 0.1) is 0 Å². The number of fused-ring (bicyclic) bond motifs is 1. The van der Waals surface area contributed by atoms with Gasteiger partial charge in [0.15, 0.2) is 6.04 Å². The molecule has 0 aromatic heterocycles. The Hall–Kier alpha value is -2.08. The molecule has 1 amide bonds. The van der Waals surface area contributed by atoms with Crippen molar-refractivity contribution in [3.8, 4) is 0 Å². The molecule has 0 aliphatic carbocycles. The van der Waals surface area contributed by atoms with Crippen LogP contribution < -0.4 is 5.43 Å². The number of hydrazine groups is 1. The molecule has 1 N–H and O–H groups in total. The van der Waals surface area contributed by atoms with Gasteiger partial charge in [-0.15, -0.1) is 0 Å². The second-order valence-electron chi connectivity index (χ2n) is 8.20. The number of carbonyl (C=O) groups is 1. The molecule has 28 heavy (non-hydrogen) atoms. The topological polar surface area (TPSA) is 32.3 Å². The Morgan fingerprint density at radius 1 is 1.18 bits per heavy atom. The molecule has 1 unspecified atom stereocenters. The second kappa shape index (κ2) is 7.74. The second-order valence-corrected chi connectivity index (χ2v) is 8.20. The van der Waals surface area contributed by atoms with Crippen LogP contribution in [0.4, 0.5) is 13.2 Å². The van der Waals surface area contributed by atoms with Crippen molar-refractivity contribution in [2.75, 3.05) is 0 Å². The molecule has 0 radical (unpaired) electrons. The Morgan fingerprint density at radius 2 is 1.93 bits per heavy atom. The number of aryl methyl sites for hydroxylation is 1. The zero-order chi connectivity index (χ0) is 20.5. The number of hydrogen-bond donors (Lipinski definition) is 1. The van der Waals surface area contributed by atoms with E-state index in [0.717, 1.165) is 41.6 Å². The van der Waals surface area contributed by atoms with Crippen LogP contribution in [0, 0.1) is 0 Å². The molecule has 152 valence electrons. The third-order valence-electron chi connectivity index (χ3n) is 5.40. The Balaban J connectivity index is 2.04. The number of rotatable bonds is 6. The molecule has 1 fully saturated rings. The summed E-state index contributed by atoms with van der Waals surface area (Å²) in [5, 5.41) is 2.43. The summed E-state index contributed by atoms with van der Waals surface area (Å²) < 4.78 is 42.4. The highest BCUT2D eigenvalue weighted by Crippen LogP contribution is 2.44. The van der Waals surface area contributed by atoms with Gasteiger partial charge in [-0.3, -0.25) is 10.2 Å². The lowest BCUT2D eigenvalue weighted by atomic mass is 9.92. The first-order valence-corrected chi connectivity index (χ1v) is 9.80. The number of benzene rings is 2. The van der Waals surface area contributed by atoms with Crippen LogP contribution in [0.1, 0.15) is 63.6 Å². The molecule has 0 spiro atoms. The van der Waals surface area contributed by atoms with E-state index in [0.29, 0.717) is 5.39 Å². The molecule has 3 rings (SSSR count). The summed E-state index contributed by atoms with van der Waals surface area (Å²) in [5.41, 5.74) is 2.81. The summed E-state index contributed by atoms with van der Waals surface area (Å²) in [5.74, 6) is -0.391. The van der Waals surface area contributed by atoms with E-state index < -0.39 is 23.7 Å². The third-order valence-corrected chi connectivity index (χ3v) is 5.40. The molecule has 1 atom stereocenters. The molecule has 0 saturated carbocycles. The number of carbonyl (C=O) groups excluding carboxylic acids is 1. The van der Waals surface area contributed by atoms with Crippen LogP contribution >= 0.6 is 0 Å². The third kappa shape index (κ3) is 4.17. The average molecular weight is 392 g/mol. The molecular weight excluding hydrogens is 365 g/mol. The molecule has 1 saturated heterocycles. The molecule has 0 bridgehead atoms. The summed E-state index contributed by atoms with van der Waals surface area (Å²) in [6, 6.07) is 8.81. The van der Waals surface area contributed by atoms with E-state index in [4.69, 9.17) is 0 Å². The van der Waals surface area contributed by atoms with Gasteiger partial charge in [0.1, 0.15) is 0 Å². The fourth-order valence-electron chi connectivity index (χ4n) is 4.01. The fraction of sp³-hybridized carbons (Fsp3) is 0.500. The van der Waals surface area contributed by atoms with E-state index in [9.17, 15) is 18.0 Å². The monoisotopic (exact) mass is 392 g/mol. The summed E-state index contributed by atoms with van der Waals surface area (Å²) in [6.07, 6.45) is -0.234. The van der Waals surface area contributed by atoms with Crippen molar-refractivity contribution in [2.24, 2.45) is 0 Å². The van der Waals surface area contributed by atoms with Gasteiger partial charge in [0.25, 0.3) is 0 Å². The van der Waals surface area contributed by atoms with E-state index in [1.807, 2.05) is 18.2 Å². The van der Waals surface area contributed by atoms with Gasteiger partial charge < -0.3 is 0 Å². The average Bonchev–Trinajstić information content (AvgIpc) is 2.86. The Labute approximate surface area is 163 Å². The molecule has 6 heteroatoms. The number of hydrogen-bond acceptors (Lipinski definition) is 2. The van der Waals surface area contributed by atoms with E-state index in [1.165, 1.54) is 6.07 Å². The lowest BCUT2D eigenvalue weighted by Gasteiger charge is -2.38. The zero-order valence-corrected chi connectivity index (χ0v) is 16.6. The summed E-state index contributed by atoms with van der Waals surface area (Å²) in [4.78, 5) is 11.8. The number of nitrogens with zero attached hydrogens (tertiary/aromatic N) is 1. The SMILES string of the molecule is CCCCCc1ccc2c(C(N3NC(=O)CC3(C)C)C(F)(F)F)cccc2c1. The Kier molecular flexibility index (Phi) is 5.71. The standard InChI is InChI=1S/C22H27F3N2O/c1-4-5-6-8-15-11-12-17-16(13-15)9-7-10-18(17)20(22(23,24)25)27-21(2,3)14-19(28)26-27/h7,9-13,20H,4-6,8,14H2,1-3H3,(H,26,28). The van der Waals surface area contributed by atoms with Crippen molar-refractivity contribution in [1.82, 2.24) is 10.4 Å². The summed E-state index contributed by atoms with van der Waals surface area (Å²) in [7, 11) is 0. The maximum absolute atomic E-state index is 14.1. The largest absolute Gasteiger partial charge is 0.409 e. The van der Waals surface area contributed by atoms with Crippen molar-refractivity contribution in [3.05, 3.63) is 47.5 Å². The minimum atomic E-state index is -4.52. The van der Waals surface area contributed by atoms with Crippen LogP contribution in [0.5, 0.6) is 0 Å². The van der Waals surface area contributed by atoms with Gasteiger partial charge in [0, 0.05) is 12.0 Å². The van der Waals surface area contributed by atoms with Gasteiger partial charge in [-0.2, -0.15) is 18.2 Å². The van der Waals surface area contributed by atoms with Crippen LogP contribution in [0.25, 0.3) is 10.8 Å². The van der Waals surface area contributed by atoms with Gasteiger partial charge in [-0.05, 0) is 48.6 Å². The highest BCUT2D eigenvalue weighted by Gasteiger charge is 2.53. The highest BCUT2D eigenvalue weighted by molar-refractivity contribution is 5.87.